The van der Waals surface area contributed by atoms with E-state index in [1.807, 2.05) is 36.4 Å². The standard InChI is InChI=1S/C19H16N2O/c1-2-11-21-17-10-6-4-7-13(17)15-12-18(22)20-16-9-5-3-8-14(16)19(15)21/h2-10H,1,11-12H2,(H,20,22). The number of amides is 1. The Morgan fingerprint density at radius 2 is 1.91 bits per heavy atom. The SMILES string of the molecule is C=CCn1c2c(c3ccccc31)CC(=O)Nc1ccccc1-2. The zero-order valence-electron chi connectivity index (χ0n) is 12.2. The lowest BCUT2D eigenvalue weighted by Crippen LogP contribution is -2.12. The lowest BCUT2D eigenvalue weighted by molar-refractivity contribution is -0.115. The van der Waals surface area contributed by atoms with Gasteiger partial charge in [0, 0.05) is 23.0 Å². The number of benzene rings is 2. The molecule has 3 heteroatoms. The molecule has 1 N–H and O–H groups in total. The van der Waals surface area contributed by atoms with E-state index in [-0.39, 0.29) is 5.91 Å². The van der Waals surface area contributed by atoms with Crippen molar-refractivity contribution in [2.75, 3.05) is 5.32 Å². The summed E-state index contributed by atoms with van der Waals surface area (Å²) >= 11 is 0. The van der Waals surface area contributed by atoms with Crippen LogP contribution in [0.4, 0.5) is 5.69 Å². The number of aromatic nitrogens is 1. The number of rotatable bonds is 2. The van der Waals surface area contributed by atoms with Crippen molar-refractivity contribution < 1.29 is 4.79 Å². The molecule has 108 valence electrons. The summed E-state index contributed by atoms with van der Waals surface area (Å²) in [5.74, 6) is 0.0349. The largest absolute Gasteiger partial charge is 0.336 e. The first-order valence-electron chi connectivity index (χ1n) is 7.40. The number of nitrogens with one attached hydrogen (secondary N) is 1. The van der Waals surface area contributed by atoms with Gasteiger partial charge in [-0.25, -0.2) is 0 Å². The molecule has 1 aliphatic heterocycles. The molecule has 0 atom stereocenters. The third kappa shape index (κ3) is 1.79. The number of hydrogen-bond donors (Lipinski definition) is 1. The predicted octanol–water partition coefficient (Wildman–Crippen LogP) is 3.99. The van der Waals surface area contributed by atoms with Crippen LogP contribution in [0.1, 0.15) is 5.56 Å². The van der Waals surface area contributed by atoms with E-state index in [9.17, 15) is 4.79 Å². The Labute approximate surface area is 128 Å². The molecule has 1 aromatic heterocycles. The molecule has 0 saturated carbocycles. The van der Waals surface area contributed by atoms with Gasteiger partial charge in [-0.15, -0.1) is 6.58 Å². The average Bonchev–Trinajstić information content (AvgIpc) is 2.73. The monoisotopic (exact) mass is 288 g/mol. The van der Waals surface area contributed by atoms with Gasteiger partial charge in [0.25, 0.3) is 0 Å². The molecule has 0 saturated heterocycles. The Bertz CT molecular complexity index is 905. The molecule has 0 aliphatic carbocycles. The first-order valence-corrected chi connectivity index (χ1v) is 7.40. The van der Waals surface area contributed by atoms with Crippen LogP contribution in [0.2, 0.25) is 0 Å². The fourth-order valence-electron chi connectivity index (χ4n) is 3.33. The Hall–Kier alpha value is -2.81. The van der Waals surface area contributed by atoms with E-state index in [4.69, 9.17) is 0 Å². The summed E-state index contributed by atoms with van der Waals surface area (Å²) < 4.78 is 2.25. The van der Waals surface area contributed by atoms with E-state index in [0.717, 1.165) is 40.0 Å². The topological polar surface area (TPSA) is 34.0 Å². The van der Waals surface area contributed by atoms with Crippen LogP contribution in [0, 0.1) is 0 Å². The van der Waals surface area contributed by atoms with Crippen LogP contribution in [0.5, 0.6) is 0 Å². The van der Waals surface area contributed by atoms with Gasteiger partial charge >= 0.3 is 0 Å². The van der Waals surface area contributed by atoms with Crippen LogP contribution in [-0.4, -0.2) is 10.5 Å². The van der Waals surface area contributed by atoms with E-state index in [1.165, 1.54) is 0 Å². The van der Waals surface area contributed by atoms with Crippen molar-refractivity contribution in [1.29, 1.82) is 0 Å². The first kappa shape index (κ1) is 12.9. The summed E-state index contributed by atoms with van der Waals surface area (Å²) in [6.07, 6.45) is 2.30. The lowest BCUT2D eigenvalue weighted by atomic mass is 10.0. The minimum Gasteiger partial charge on any atom is -0.336 e. The maximum atomic E-state index is 12.3. The summed E-state index contributed by atoms with van der Waals surface area (Å²) in [5, 5.41) is 4.16. The van der Waals surface area contributed by atoms with E-state index in [1.54, 1.807) is 0 Å². The third-order valence-electron chi connectivity index (χ3n) is 4.18. The first-order chi connectivity index (χ1) is 10.8. The van der Waals surface area contributed by atoms with Crippen molar-refractivity contribution in [2.24, 2.45) is 0 Å². The number of carbonyl (C=O) groups is 1. The fraction of sp³-hybridized carbons (Fsp3) is 0.105. The molecule has 0 radical (unpaired) electrons. The summed E-state index contributed by atoms with van der Waals surface area (Å²) in [7, 11) is 0. The van der Waals surface area contributed by atoms with Crippen LogP contribution in [0.15, 0.2) is 61.2 Å². The fourth-order valence-corrected chi connectivity index (χ4v) is 3.33. The van der Waals surface area contributed by atoms with Crippen LogP contribution >= 0.6 is 0 Å². The van der Waals surface area contributed by atoms with Gasteiger partial charge in [0.05, 0.1) is 17.8 Å². The molecule has 1 aliphatic rings. The highest BCUT2D eigenvalue weighted by Gasteiger charge is 2.25. The number of allylic oxidation sites excluding steroid dienone is 1. The van der Waals surface area contributed by atoms with Crippen LogP contribution in [-0.2, 0) is 17.8 Å². The molecule has 2 aromatic carbocycles. The number of hydrogen-bond acceptors (Lipinski definition) is 1. The van der Waals surface area contributed by atoms with Gasteiger partial charge < -0.3 is 9.88 Å². The molecular weight excluding hydrogens is 272 g/mol. The molecule has 3 aromatic rings. The minimum absolute atomic E-state index is 0.0349. The van der Waals surface area contributed by atoms with Gasteiger partial charge in [-0.3, -0.25) is 4.79 Å². The zero-order chi connectivity index (χ0) is 15.1. The maximum Gasteiger partial charge on any atom is 0.228 e. The molecular formula is C19H16N2O. The van der Waals surface area contributed by atoms with Crippen molar-refractivity contribution in [3.05, 3.63) is 66.7 Å². The van der Waals surface area contributed by atoms with E-state index in [2.05, 4.69) is 34.7 Å². The Morgan fingerprint density at radius 1 is 1.14 bits per heavy atom. The molecule has 1 amide bonds. The van der Waals surface area contributed by atoms with Gasteiger partial charge in [0.1, 0.15) is 0 Å². The predicted molar refractivity (Wildman–Crippen MR) is 89.9 cm³/mol. The van der Waals surface area contributed by atoms with Crippen LogP contribution in [0.3, 0.4) is 0 Å². The second-order valence-electron chi connectivity index (χ2n) is 5.51. The molecule has 3 nitrogen and oxygen atoms in total. The summed E-state index contributed by atoms with van der Waals surface area (Å²) in [6, 6.07) is 16.2. The van der Waals surface area contributed by atoms with Crippen molar-refractivity contribution >= 4 is 22.5 Å². The van der Waals surface area contributed by atoms with Crippen molar-refractivity contribution in [3.63, 3.8) is 0 Å². The third-order valence-corrected chi connectivity index (χ3v) is 4.18. The number of para-hydroxylation sites is 2. The van der Waals surface area contributed by atoms with Crippen LogP contribution in [0.25, 0.3) is 22.2 Å². The number of carbonyl (C=O) groups excluding carboxylic acids is 1. The summed E-state index contributed by atoms with van der Waals surface area (Å²) in [6.45, 7) is 4.60. The highest BCUT2D eigenvalue weighted by atomic mass is 16.1. The Balaban J connectivity index is 2.16. The minimum atomic E-state index is 0.0349. The van der Waals surface area contributed by atoms with Crippen molar-refractivity contribution in [1.82, 2.24) is 4.57 Å². The van der Waals surface area contributed by atoms with Gasteiger partial charge in [0.15, 0.2) is 0 Å². The van der Waals surface area contributed by atoms with E-state index in [0.29, 0.717) is 6.42 Å². The number of fused-ring (bicyclic) bond motifs is 5. The number of anilines is 1. The second kappa shape index (κ2) is 4.88. The quantitative estimate of drug-likeness (QED) is 0.711. The molecule has 2 heterocycles. The molecule has 0 fully saturated rings. The highest BCUT2D eigenvalue weighted by Crippen LogP contribution is 2.39. The van der Waals surface area contributed by atoms with Gasteiger partial charge in [0.2, 0.25) is 5.91 Å². The zero-order valence-corrected chi connectivity index (χ0v) is 12.2. The van der Waals surface area contributed by atoms with Gasteiger partial charge in [-0.05, 0) is 17.7 Å². The van der Waals surface area contributed by atoms with Crippen molar-refractivity contribution in [3.8, 4) is 11.3 Å². The molecule has 4 rings (SSSR count). The summed E-state index contributed by atoms with van der Waals surface area (Å²) in [5.41, 5.74) is 5.31. The van der Waals surface area contributed by atoms with Gasteiger partial charge in [-0.1, -0.05) is 42.5 Å². The number of nitrogens with zero attached hydrogens (tertiary/aromatic N) is 1. The van der Waals surface area contributed by atoms with Crippen LogP contribution < -0.4 is 5.32 Å². The molecule has 22 heavy (non-hydrogen) atoms. The normalized spacial score (nSPS) is 13.2. The Morgan fingerprint density at radius 3 is 2.77 bits per heavy atom. The maximum absolute atomic E-state index is 12.3. The highest BCUT2D eigenvalue weighted by molar-refractivity contribution is 6.05. The molecule has 0 spiro atoms. The van der Waals surface area contributed by atoms with E-state index >= 15 is 0 Å². The smallest absolute Gasteiger partial charge is 0.228 e. The second-order valence-corrected chi connectivity index (χ2v) is 5.51. The Kier molecular flexibility index (Phi) is 2.86. The average molecular weight is 288 g/mol. The van der Waals surface area contributed by atoms with Gasteiger partial charge in [-0.2, -0.15) is 0 Å². The molecule has 0 unspecified atom stereocenters. The van der Waals surface area contributed by atoms with Crippen molar-refractivity contribution in [2.45, 2.75) is 13.0 Å². The van der Waals surface area contributed by atoms with E-state index < -0.39 is 0 Å². The lowest BCUT2D eigenvalue weighted by Gasteiger charge is -2.11. The summed E-state index contributed by atoms with van der Waals surface area (Å²) in [4.78, 5) is 12.3. The molecule has 0 bridgehead atoms.